The molecule has 0 rings (SSSR count). The van der Waals surface area contributed by atoms with Crippen molar-refractivity contribution >= 4 is 35.8 Å². The molecular formula is C14H31IN4O2. The number of rotatable bonds is 11. The second kappa shape index (κ2) is 17.5. The number of halogens is 1. The van der Waals surface area contributed by atoms with Gasteiger partial charge in [-0.05, 0) is 33.1 Å². The number of hydrogen-bond donors (Lipinski definition) is 3. The SMILES string of the molecule is CCCNC(=O)CN=C(NCC)NCCCCOCC.I. The highest BCUT2D eigenvalue weighted by atomic mass is 127. The molecule has 0 aromatic carbocycles. The lowest BCUT2D eigenvalue weighted by Crippen LogP contribution is -2.39. The van der Waals surface area contributed by atoms with Crippen LogP contribution in [0.15, 0.2) is 4.99 Å². The molecule has 3 N–H and O–H groups in total. The van der Waals surface area contributed by atoms with E-state index in [0.29, 0.717) is 12.5 Å². The Morgan fingerprint density at radius 2 is 1.81 bits per heavy atom. The molecule has 0 aliphatic heterocycles. The topological polar surface area (TPSA) is 74.8 Å². The highest BCUT2D eigenvalue weighted by Gasteiger charge is 2.00. The molecule has 126 valence electrons. The summed E-state index contributed by atoms with van der Waals surface area (Å²) in [5, 5.41) is 9.14. The highest BCUT2D eigenvalue weighted by molar-refractivity contribution is 14.0. The van der Waals surface area contributed by atoms with Crippen LogP contribution in [0.25, 0.3) is 0 Å². The molecule has 0 aliphatic carbocycles. The quantitative estimate of drug-likeness (QED) is 0.207. The Labute approximate surface area is 145 Å². The first-order chi connectivity index (χ1) is 9.74. The zero-order valence-corrected chi connectivity index (χ0v) is 15.9. The number of carbonyl (C=O) groups excluding carboxylic acids is 1. The second-order valence-corrected chi connectivity index (χ2v) is 4.38. The van der Waals surface area contributed by atoms with Gasteiger partial charge in [-0.3, -0.25) is 4.79 Å². The maximum absolute atomic E-state index is 11.5. The Balaban J connectivity index is 0. The predicted octanol–water partition coefficient (Wildman–Crippen LogP) is 1.50. The van der Waals surface area contributed by atoms with Crippen LogP contribution >= 0.6 is 24.0 Å². The fraction of sp³-hybridized carbons (Fsp3) is 0.857. The summed E-state index contributed by atoms with van der Waals surface area (Å²) in [5.41, 5.74) is 0. The lowest BCUT2D eigenvalue weighted by atomic mass is 10.3. The van der Waals surface area contributed by atoms with E-state index >= 15 is 0 Å². The molecule has 7 heteroatoms. The van der Waals surface area contributed by atoms with Crippen LogP contribution in [0.1, 0.15) is 40.0 Å². The second-order valence-electron chi connectivity index (χ2n) is 4.38. The molecule has 6 nitrogen and oxygen atoms in total. The first kappa shape index (κ1) is 22.7. The number of amides is 1. The van der Waals surface area contributed by atoms with E-state index in [0.717, 1.165) is 45.6 Å². The molecule has 0 bridgehead atoms. The third kappa shape index (κ3) is 15.6. The first-order valence-corrected chi connectivity index (χ1v) is 7.61. The average Bonchev–Trinajstić information content (AvgIpc) is 2.46. The van der Waals surface area contributed by atoms with E-state index in [9.17, 15) is 4.79 Å². The van der Waals surface area contributed by atoms with Gasteiger partial charge in [0.25, 0.3) is 0 Å². The van der Waals surface area contributed by atoms with E-state index in [1.165, 1.54) is 0 Å². The van der Waals surface area contributed by atoms with Crippen LogP contribution in [0.4, 0.5) is 0 Å². The van der Waals surface area contributed by atoms with E-state index in [2.05, 4.69) is 20.9 Å². The van der Waals surface area contributed by atoms with Crippen LogP contribution in [-0.4, -0.2) is 51.3 Å². The molecule has 0 aromatic heterocycles. The fourth-order valence-corrected chi connectivity index (χ4v) is 1.49. The Bertz CT molecular complexity index is 276. The first-order valence-electron chi connectivity index (χ1n) is 7.61. The van der Waals surface area contributed by atoms with Gasteiger partial charge in [0.1, 0.15) is 6.54 Å². The summed E-state index contributed by atoms with van der Waals surface area (Å²) in [5.74, 6) is 0.649. The Kier molecular flexibility index (Phi) is 18.9. The number of hydrogen-bond acceptors (Lipinski definition) is 3. The van der Waals surface area contributed by atoms with Gasteiger partial charge in [0, 0.05) is 32.8 Å². The zero-order valence-electron chi connectivity index (χ0n) is 13.5. The molecule has 0 aromatic rings. The number of guanidine groups is 1. The van der Waals surface area contributed by atoms with E-state index in [-0.39, 0.29) is 36.4 Å². The van der Waals surface area contributed by atoms with Crippen molar-refractivity contribution in [1.29, 1.82) is 0 Å². The van der Waals surface area contributed by atoms with E-state index < -0.39 is 0 Å². The van der Waals surface area contributed by atoms with Gasteiger partial charge in [0.05, 0.1) is 0 Å². The van der Waals surface area contributed by atoms with Crippen LogP contribution in [0.3, 0.4) is 0 Å². The van der Waals surface area contributed by atoms with Crippen LogP contribution < -0.4 is 16.0 Å². The Morgan fingerprint density at radius 3 is 2.43 bits per heavy atom. The molecule has 0 saturated carbocycles. The number of nitrogens with zero attached hydrogens (tertiary/aromatic N) is 1. The predicted molar refractivity (Wildman–Crippen MR) is 98.4 cm³/mol. The monoisotopic (exact) mass is 414 g/mol. The smallest absolute Gasteiger partial charge is 0.241 e. The summed E-state index contributed by atoms with van der Waals surface area (Å²) in [7, 11) is 0. The van der Waals surface area contributed by atoms with Crippen molar-refractivity contribution in [3.63, 3.8) is 0 Å². The average molecular weight is 414 g/mol. The minimum atomic E-state index is -0.0413. The molecule has 0 aliphatic rings. The Hall–Kier alpha value is -0.570. The van der Waals surface area contributed by atoms with Gasteiger partial charge in [-0.15, -0.1) is 24.0 Å². The van der Waals surface area contributed by atoms with Gasteiger partial charge in [-0.1, -0.05) is 6.92 Å². The number of aliphatic imine (C=N–C) groups is 1. The summed E-state index contributed by atoms with van der Waals surface area (Å²) >= 11 is 0. The largest absolute Gasteiger partial charge is 0.382 e. The summed E-state index contributed by atoms with van der Waals surface area (Å²) in [6.45, 7) is 10.1. The van der Waals surface area contributed by atoms with Gasteiger partial charge in [-0.25, -0.2) is 4.99 Å². The molecule has 1 amide bonds. The van der Waals surface area contributed by atoms with E-state index in [4.69, 9.17) is 4.74 Å². The molecule has 0 saturated heterocycles. The van der Waals surface area contributed by atoms with Crippen molar-refractivity contribution in [2.24, 2.45) is 4.99 Å². The van der Waals surface area contributed by atoms with Crippen molar-refractivity contribution in [2.75, 3.05) is 39.4 Å². The summed E-state index contributed by atoms with van der Waals surface area (Å²) in [6.07, 6.45) is 2.98. The molecular weight excluding hydrogens is 383 g/mol. The normalized spacial score (nSPS) is 10.7. The van der Waals surface area contributed by atoms with Crippen molar-refractivity contribution in [3.05, 3.63) is 0 Å². The number of nitrogens with one attached hydrogen (secondary N) is 3. The van der Waals surface area contributed by atoms with Crippen molar-refractivity contribution in [1.82, 2.24) is 16.0 Å². The van der Waals surface area contributed by atoms with Crippen molar-refractivity contribution in [3.8, 4) is 0 Å². The lowest BCUT2D eigenvalue weighted by Gasteiger charge is -2.11. The van der Waals surface area contributed by atoms with Gasteiger partial charge in [-0.2, -0.15) is 0 Å². The third-order valence-electron chi connectivity index (χ3n) is 2.51. The summed E-state index contributed by atoms with van der Waals surface area (Å²) < 4.78 is 5.28. The summed E-state index contributed by atoms with van der Waals surface area (Å²) in [6, 6.07) is 0. The number of unbranched alkanes of at least 4 members (excludes halogenated alkanes) is 1. The lowest BCUT2D eigenvalue weighted by molar-refractivity contribution is -0.119. The Morgan fingerprint density at radius 1 is 1.05 bits per heavy atom. The maximum atomic E-state index is 11.5. The van der Waals surface area contributed by atoms with Gasteiger partial charge >= 0.3 is 0 Å². The van der Waals surface area contributed by atoms with Crippen LogP contribution in [0.5, 0.6) is 0 Å². The maximum Gasteiger partial charge on any atom is 0.241 e. The zero-order chi connectivity index (χ0) is 15.1. The molecule has 21 heavy (non-hydrogen) atoms. The van der Waals surface area contributed by atoms with Gasteiger partial charge in [0.2, 0.25) is 5.91 Å². The van der Waals surface area contributed by atoms with E-state index in [1.54, 1.807) is 0 Å². The standard InChI is InChI=1S/C14H30N4O2.HI/c1-4-9-16-13(19)12-18-14(15-5-2)17-10-7-8-11-20-6-3;/h4-12H2,1-3H3,(H,16,19)(H2,15,17,18);1H. The van der Waals surface area contributed by atoms with Crippen molar-refractivity contribution in [2.45, 2.75) is 40.0 Å². The molecule has 0 radical (unpaired) electrons. The van der Waals surface area contributed by atoms with Gasteiger partial charge in [0.15, 0.2) is 5.96 Å². The highest BCUT2D eigenvalue weighted by Crippen LogP contribution is 1.88. The van der Waals surface area contributed by atoms with Crippen LogP contribution in [0, 0.1) is 0 Å². The molecule has 0 unspecified atom stereocenters. The molecule has 0 atom stereocenters. The van der Waals surface area contributed by atoms with E-state index in [1.807, 2.05) is 20.8 Å². The van der Waals surface area contributed by atoms with Crippen molar-refractivity contribution < 1.29 is 9.53 Å². The minimum Gasteiger partial charge on any atom is -0.382 e. The molecule has 0 spiro atoms. The number of carbonyl (C=O) groups is 1. The van der Waals surface area contributed by atoms with Crippen LogP contribution in [0.2, 0.25) is 0 Å². The molecule has 0 fully saturated rings. The molecule has 0 heterocycles. The fourth-order valence-electron chi connectivity index (χ4n) is 1.49. The number of ether oxygens (including phenoxy) is 1. The minimum absolute atomic E-state index is 0. The van der Waals surface area contributed by atoms with Crippen LogP contribution in [-0.2, 0) is 9.53 Å². The van der Waals surface area contributed by atoms with Gasteiger partial charge < -0.3 is 20.7 Å². The third-order valence-corrected chi connectivity index (χ3v) is 2.51. The summed E-state index contributed by atoms with van der Waals surface area (Å²) in [4.78, 5) is 15.7.